The Balaban J connectivity index is 1.79. The van der Waals surface area contributed by atoms with Gasteiger partial charge in [-0.3, -0.25) is 25.8 Å². The van der Waals surface area contributed by atoms with Gasteiger partial charge in [0, 0.05) is 20.6 Å². The molecule has 0 fully saturated rings. The second-order valence-electron chi connectivity index (χ2n) is 4.98. The summed E-state index contributed by atoms with van der Waals surface area (Å²) in [5.74, 6) is -0.602. The van der Waals surface area contributed by atoms with Gasteiger partial charge in [0.05, 0.1) is 4.47 Å². The first-order valence-electron chi connectivity index (χ1n) is 7.18. The molecule has 2 aromatic carbocycles. The summed E-state index contributed by atoms with van der Waals surface area (Å²) < 4.78 is 5.96. The first-order chi connectivity index (χ1) is 12.7. The average Bonchev–Trinajstić information content (AvgIpc) is 2.58. The van der Waals surface area contributed by atoms with Crippen LogP contribution in [0.4, 0.5) is 0 Å². The van der Waals surface area contributed by atoms with Crippen molar-refractivity contribution in [3.05, 3.63) is 61.5 Å². The molecule has 0 aliphatic heterocycles. The minimum absolute atomic E-state index is 0.114. The Morgan fingerprint density at radius 1 is 1.00 bits per heavy atom. The number of thiocarbonyl (C=S) groups is 1. The van der Waals surface area contributed by atoms with E-state index in [1.54, 1.807) is 18.2 Å². The van der Waals surface area contributed by atoms with Crippen molar-refractivity contribution in [1.29, 1.82) is 0 Å². The van der Waals surface area contributed by atoms with Gasteiger partial charge in [0.25, 0.3) is 11.8 Å². The van der Waals surface area contributed by atoms with E-state index < -0.39 is 11.8 Å². The van der Waals surface area contributed by atoms with Gasteiger partial charge in [-0.2, -0.15) is 0 Å². The third kappa shape index (κ3) is 7.15. The van der Waals surface area contributed by atoms with Gasteiger partial charge in [0.15, 0.2) is 11.7 Å². The van der Waals surface area contributed by atoms with Gasteiger partial charge in [-0.25, -0.2) is 0 Å². The highest BCUT2D eigenvalue weighted by atomic mass is 79.9. The van der Waals surface area contributed by atoms with Crippen molar-refractivity contribution in [1.82, 2.24) is 16.2 Å². The number of carbonyl (C=O) groups excluding carboxylic acids is 2. The van der Waals surface area contributed by atoms with Crippen LogP contribution in [0, 0.1) is 0 Å². The molecular formula is C16H11BrCl3N3O3S. The SMILES string of the molecule is O=C(COc1ccc(Cl)cc1Br)NNC(=S)NC(=O)c1cc(Cl)cc(Cl)c1. The molecular weight excluding hydrogens is 501 g/mol. The predicted molar refractivity (Wildman–Crippen MR) is 112 cm³/mol. The second kappa shape index (κ2) is 10.1. The van der Waals surface area contributed by atoms with Gasteiger partial charge in [-0.05, 0) is 64.5 Å². The number of benzene rings is 2. The maximum absolute atomic E-state index is 12.1. The van der Waals surface area contributed by atoms with Gasteiger partial charge >= 0.3 is 0 Å². The van der Waals surface area contributed by atoms with Crippen LogP contribution in [0.3, 0.4) is 0 Å². The van der Waals surface area contributed by atoms with Crippen molar-refractivity contribution in [2.75, 3.05) is 6.61 Å². The van der Waals surface area contributed by atoms with Gasteiger partial charge in [-0.15, -0.1) is 0 Å². The van der Waals surface area contributed by atoms with Crippen LogP contribution in [-0.4, -0.2) is 23.5 Å². The van der Waals surface area contributed by atoms with Crippen molar-refractivity contribution in [2.24, 2.45) is 0 Å². The molecule has 0 bridgehead atoms. The fourth-order valence-corrected chi connectivity index (χ4v) is 3.26. The Morgan fingerprint density at radius 2 is 1.67 bits per heavy atom. The molecule has 11 heteroatoms. The van der Waals surface area contributed by atoms with E-state index >= 15 is 0 Å². The van der Waals surface area contributed by atoms with Crippen molar-refractivity contribution < 1.29 is 14.3 Å². The lowest BCUT2D eigenvalue weighted by molar-refractivity contribution is -0.123. The molecule has 0 spiro atoms. The normalized spacial score (nSPS) is 10.1. The van der Waals surface area contributed by atoms with Crippen LogP contribution < -0.4 is 20.9 Å². The molecule has 0 saturated carbocycles. The Hall–Kier alpha value is -1.58. The fraction of sp³-hybridized carbons (Fsp3) is 0.0625. The van der Waals surface area contributed by atoms with Crippen molar-refractivity contribution in [2.45, 2.75) is 0 Å². The summed E-state index contributed by atoms with van der Waals surface area (Å²) in [6, 6.07) is 9.25. The monoisotopic (exact) mass is 509 g/mol. The topological polar surface area (TPSA) is 79.5 Å². The number of halogens is 4. The van der Waals surface area contributed by atoms with Crippen LogP contribution in [0.2, 0.25) is 15.1 Å². The van der Waals surface area contributed by atoms with Crippen LogP contribution in [0.5, 0.6) is 5.75 Å². The van der Waals surface area contributed by atoms with Crippen LogP contribution >= 0.6 is 63.0 Å². The van der Waals surface area contributed by atoms with E-state index in [0.29, 0.717) is 25.3 Å². The summed E-state index contributed by atoms with van der Waals surface area (Å²) in [5.41, 5.74) is 4.91. The molecule has 2 rings (SSSR count). The second-order valence-corrected chi connectivity index (χ2v) is 7.55. The number of nitrogens with one attached hydrogen (secondary N) is 3. The third-order valence-corrected chi connectivity index (χ3v) is 4.42. The van der Waals surface area contributed by atoms with E-state index in [-0.39, 0.29) is 17.3 Å². The molecule has 0 unspecified atom stereocenters. The number of rotatable bonds is 4. The number of amides is 2. The quantitative estimate of drug-likeness (QED) is 0.425. The molecule has 0 radical (unpaired) electrons. The van der Waals surface area contributed by atoms with Crippen LogP contribution in [0.1, 0.15) is 10.4 Å². The maximum Gasteiger partial charge on any atom is 0.276 e. The molecule has 0 aliphatic rings. The van der Waals surface area contributed by atoms with Crippen molar-refractivity contribution in [3.8, 4) is 5.75 Å². The smallest absolute Gasteiger partial charge is 0.276 e. The Labute approximate surface area is 183 Å². The van der Waals surface area contributed by atoms with Crippen LogP contribution in [0.15, 0.2) is 40.9 Å². The van der Waals surface area contributed by atoms with E-state index in [1.165, 1.54) is 18.2 Å². The summed E-state index contributed by atoms with van der Waals surface area (Å²) >= 11 is 25.7. The minimum Gasteiger partial charge on any atom is -0.483 e. The number of hydrogen-bond acceptors (Lipinski definition) is 4. The Bertz CT molecular complexity index is 878. The number of carbonyl (C=O) groups is 2. The molecule has 0 aromatic heterocycles. The van der Waals surface area contributed by atoms with E-state index in [0.717, 1.165) is 0 Å². The zero-order valence-corrected chi connectivity index (χ0v) is 18.0. The van der Waals surface area contributed by atoms with Gasteiger partial charge in [0.1, 0.15) is 5.75 Å². The molecule has 142 valence electrons. The lowest BCUT2D eigenvalue weighted by atomic mass is 10.2. The summed E-state index contributed by atoms with van der Waals surface area (Å²) in [7, 11) is 0. The van der Waals surface area contributed by atoms with Gasteiger partial charge in [-0.1, -0.05) is 34.8 Å². The summed E-state index contributed by atoms with van der Waals surface area (Å²) in [4.78, 5) is 23.9. The van der Waals surface area contributed by atoms with E-state index in [4.69, 9.17) is 51.8 Å². The molecule has 0 heterocycles. The summed E-state index contributed by atoms with van der Waals surface area (Å²) in [6.45, 7) is -0.284. The number of ether oxygens (including phenoxy) is 1. The number of hydrogen-bond donors (Lipinski definition) is 3. The van der Waals surface area contributed by atoms with Crippen molar-refractivity contribution in [3.63, 3.8) is 0 Å². The zero-order valence-electron chi connectivity index (χ0n) is 13.3. The van der Waals surface area contributed by atoms with Gasteiger partial charge in [0.2, 0.25) is 0 Å². The molecule has 2 aromatic rings. The average molecular weight is 512 g/mol. The Kier molecular flexibility index (Phi) is 8.12. The first-order valence-corrected chi connectivity index (χ1v) is 9.52. The fourth-order valence-electron chi connectivity index (χ4n) is 1.79. The van der Waals surface area contributed by atoms with E-state index in [9.17, 15) is 9.59 Å². The van der Waals surface area contributed by atoms with Crippen LogP contribution in [-0.2, 0) is 4.79 Å². The molecule has 0 atom stereocenters. The van der Waals surface area contributed by atoms with E-state index in [2.05, 4.69) is 32.1 Å². The minimum atomic E-state index is -0.535. The third-order valence-electron chi connectivity index (χ3n) is 2.92. The molecule has 6 nitrogen and oxygen atoms in total. The lowest BCUT2D eigenvalue weighted by Crippen LogP contribution is -2.49. The summed E-state index contributed by atoms with van der Waals surface area (Å²) in [5, 5.41) is 3.42. The lowest BCUT2D eigenvalue weighted by Gasteiger charge is -2.12. The molecule has 0 aliphatic carbocycles. The molecule has 3 N–H and O–H groups in total. The van der Waals surface area contributed by atoms with E-state index in [1.807, 2.05) is 0 Å². The molecule has 0 saturated heterocycles. The standard InChI is InChI=1S/C16H11BrCl3N3O3S/c17-12-6-9(18)1-2-13(12)26-7-14(24)22-23-16(27)21-15(25)8-3-10(19)5-11(20)4-8/h1-6H,7H2,(H,22,24)(H2,21,23,25,27). The maximum atomic E-state index is 12.1. The highest BCUT2D eigenvalue weighted by Crippen LogP contribution is 2.27. The summed E-state index contributed by atoms with van der Waals surface area (Å²) in [6.07, 6.45) is 0. The van der Waals surface area contributed by atoms with Gasteiger partial charge < -0.3 is 4.74 Å². The van der Waals surface area contributed by atoms with Crippen LogP contribution in [0.25, 0.3) is 0 Å². The highest BCUT2D eigenvalue weighted by Gasteiger charge is 2.11. The molecule has 27 heavy (non-hydrogen) atoms. The highest BCUT2D eigenvalue weighted by molar-refractivity contribution is 9.10. The Morgan fingerprint density at radius 3 is 2.30 bits per heavy atom. The predicted octanol–water partition coefficient (Wildman–Crippen LogP) is 4.12. The largest absolute Gasteiger partial charge is 0.483 e. The zero-order chi connectivity index (χ0) is 20.0. The first kappa shape index (κ1) is 21.7. The number of hydrazine groups is 1. The molecule has 2 amide bonds. The van der Waals surface area contributed by atoms with Crippen molar-refractivity contribution >= 4 is 79.9 Å².